The van der Waals surface area contributed by atoms with Gasteiger partial charge in [-0.1, -0.05) is 37.3 Å². The van der Waals surface area contributed by atoms with E-state index in [1.807, 2.05) is 0 Å². The van der Waals surface area contributed by atoms with E-state index >= 15 is 0 Å². The molecule has 0 spiro atoms. The summed E-state index contributed by atoms with van der Waals surface area (Å²) in [5.74, 6) is 0. The number of rotatable bonds is 1. The van der Waals surface area contributed by atoms with Gasteiger partial charge in [0.2, 0.25) is 0 Å². The molecular formula is C8H17NO2. The molecule has 0 radical (unpaired) electrons. The smallest absolute Gasteiger partial charge is 0.0623 e. The highest BCUT2D eigenvalue weighted by molar-refractivity contribution is 4.64. The van der Waals surface area contributed by atoms with E-state index in [0.717, 1.165) is 25.7 Å². The van der Waals surface area contributed by atoms with Gasteiger partial charge in [0.15, 0.2) is 0 Å². The van der Waals surface area contributed by atoms with Crippen LogP contribution in [-0.4, -0.2) is 21.7 Å². The highest BCUT2D eigenvalue weighted by atomic mass is 16.8. The Morgan fingerprint density at radius 2 is 1.27 bits per heavy atom. The molecule has 1 saturated carbocycles. The van der Waals surface area contributed by atoms with Gasteiger partial charge in [0.1, 0.15) is 0 Å². The summed E-state index contributed by atoms with van der Waals surface area (Å²) in [6.45, 7) is 0. The van der Waals surface area contributed by atoms with E-state index in [9.17, 15) is 0 Å². The molecule has 0 saturated heterocycles. The first-order chi connectivity index (χ1) is 5.30. The van der Waals surface area contributed by atoms with Crippen molar-refractivity contribution in [2.45, 2.75) is 51.0 Å². The Balaban J connectivity index is 2.26. The van der Waals surface area contributed by atoms with Crippen LogP contribution in [0.2, 0.25) is 0 Å². The van der Waals surface area contributed by atoms with Crippen LogP contribution in [0.1, 0.15) is 44.9 Å². The summed E-state index contributed by atoms with van der Waals surface area (Å²) in [5.41, 5.74) is 0. The van der Waals surface area contributed by atoms with Gasteiger partial charge in [-0.15, -0.1) is 0 Å². The molecule has 1 aliphatic carbocycles. The quantitative estimate of drug-likeness (QED) is 0.576. The fourth-order valence-electron chi connectivity index (χ4n) is 1.67. The van der Waals surface area contributed by atoms with Gasteiger partial charge in [0, 0.05) is 0 Å². The van der Waals surface area contributed by atoms with E-state index in [1.54, 1.807) is 0 Å². The predicted octanol–water partition coefficient (Wildman–Crippen LogP) is 2.18. The molecule has 0 heterocycles. The lowest BCUT2D eigenvalue weighted by atomic mass is 9.97. The minimum Gasteiger partial charge on any atom is -0.289 e. The zero-order chi connectivity index (χ0) is 8.10. The summed E-state index contributed by atoms with van der Waals surface area (Å²) in [4.78, 5) is 0. The molecule has 1 fully saturated rings. The average Bonchev–Trinajstić information content (AvgIpc) is 1.84. The molecule has 0 aromatic heterocycles. The van der Waals surface area contributed by atoms with E-state index in [0.29, 0.717) is 5.23 Å². The summed E-state index contributed by atoms with van der Waals surface area (Å²) in [5, 5.41) is 18.0. The van der Waals surface area contributed by atoms with Gasteiger partial charge in [-0.25, -0.2) is 0 Å². The molecule has 1 aliphatic rings. The molecule has 0 atom stereocenters. The van der Waals surface area contributed by atoms with Crippen molar-refractivity contribution in [2.75, 3.05) is 0 Å². The lowest BCUT2D eigenvalue weighted by molar-refractivity contribution is -0.334. The topological polar surface area (TPSA) is 43.7 Å². The van der Waals surface area contributed by atoms with Crippen LogP contribution in [0, 0.1) is 0 Å². The van der Waals surface area contributed by atoms with Gasteiger partial charge in [-0.2, -0.15) is 0 Å². The zero-order valence-electron chi connectivity index (χ0n) is 6.87. The van der Waals surface area contributed by atoms with Gasteiger partial charge < -0.3 is 0 Å². The first kappa shape index (κ1) is 8.97. The fourth-order valence-corrected chi connectivity index (χ4v) is 1.67. The fraction of sp³-hybridized carbons (Fsp3) is 1.00. The van der Waals surface area contributed by atoms with Gasteiger partial charge in [0.05, 0.1) is 6.04 Å². The summed E-state index contributed by atoms with van der Waals surface area (Å²) in [6, 6.07) is -0.0182. The van der Waals surface area contributed by atoms with Crippen LogP contribution in [0.4, 0.5) is 0 Å². The molecule has 0 unspecified atom stereocenters. The van der Waals surface area contributed by atoms with Crippen LogP contribution >= 0.6 is 0 Å². The number of hydrogen-bond donors (Lipinski definition) is 2. The Morgan fingerprint density at radius 1 is 0.818 bits per heavy atom. The minimum absolute atomic E-state index is 0.0182. The first-order valence-electron chi connectivity index (χ1n) is 4.47. The van der Waals surface area contributed by atoms with Crippen LogP contribution < -0.4 is 0 Å². The number of hydroxylamine groups is 2. The normalized spacial score (nSPS) is 23.2. The third kappa shape index (κ3) is 3.18. The standard InChI is InChI=1S/C8H17NO2/c10-9(11)8-6-4-2-1-3-5-7-8/h8,10-11H,1-7H2. The van der Waals surface area contributed by atoms with E-state index in [1.165, 1.54) is 19.3 Å². The van der Waals surface area contributed by atoms with Gasteiger partial charge in [0.25, 0.3) is 0 Å². The van der Waals surface area contributed by atoms with E-state index < -0.39 is 0 Å². The van der Waals surface area contributed by atoms with Crippen molar-refractivity contribution in [3.63, 3.8) is 0 Å². The van der Waals surface area contributed by atoms with Gasteiger partial charge in [-0.3, -0.25) is 10.4 Å². The molecule has 0 bridgehead atoms. The van der Waals surface area contributed by atoms with Crippen molar-refractivity contribution in [3.8, 4) is 0 Å². The predicted molar refractivity (Wildman–Crippen MR) is 41.5 cm³/mol. The van der Waals surface area contributed by atoms with E-state index in [-0.39, 0.29) is 6.04 Å². The summed E-state index contributed by atoms with van der Waals surface area (Å²) in [6.07, 6.45) is 7.89. The molecule has 2 N–H and O–H groups in total. The molecule has 11 heavy (non-hydrogen) atoms. The SMILES string of the molecule is ON(O)C1CCCCCCC1. The zero-order valence-corrected chi connectivity index (χ0v) is 6.87. The average molecular weight is 159 g/mol. The maximum atomic E-state index is 8.78. The lowest BCUT2D eigenvalue weighted by Gasteiger charge is -2.22. The maximum absolute atomic E-state index is 8.78. The van der Waals surface area contributed by atoms with Crippen LogP contribution in [0.15, 0.2) is 0 Å². The molecule has 1 rings (SSSR count). The van der Waals surface area contributed by atoms with Crippen molar-refractivity contribution >= 4 is 0 Å². The Hall–Kier alpha value is -0.120. The third-order valence-corrected chi connectivity index (χ3v) is 2.40. The molecule has 66 valence electrons. The van der Waals surface area contributed by atoms with Crippen molar-refractivity contribution in [1.29, 1.82) is 0 Å². The molecule has 0 aromatic carbocycles. The van der Waals surface area contributed by atoms with Crippen molar-refractivity contribution < 1.29 is 10.4 Å². The molecular weight excluding hydrogens is 142 g/mol. The summed E-state index contributed by atoms with van der Waals surface area (Å²) < 4.78 is 0. The van der Waals surface area contributed by atoms with E-state index in [2.05, 4.69) is 0 Å². The second-order valence-corrected chi connectivity index (χ2v) is 3.32. The lowest BCUT2D eigenvalue weighted by Crippen LogP contribution is -2.29. The number of hydrogen-bond acceptors (Lipinski definition) is 3. The second kappa shape index (κ2) is 4.70. The Bertz CT molecular complexity index is 98.3. The molecule has 0 aliphatic heterocycles. The summed E-state index contributed by atoms with van der Waals surface area (Å²) >= 11 is 0. The first-order valence-corrected chi connectivity index (χ1v) is 4.47. The van der Waals surface area contributed by atoms with E-state index in [4.69, 9.17) is 10.4 Å². The van der Waals surface area contributed by atoms with Gasteiger partial charge >= 0.3 is 0 Å². The van der Waals surface area contributed by atoms with Gasteiger partial charge in [-0.05, 0) is 12.8 Å². The Morgan fingerprint density at radius 3 is 1.73 bits per heavy atom. The van der Waals surface area contributed by atoms with Crippen LogP contribution in [0.25, 0.3) is 0 Å². The highest BCUT2D eigenvalue weighted by Gasteiger charge is 2.15. The minimum atomic E-state index is -0.0182. The highest BCUT2D eigenvalue weighted by Crippen LogP contribution is 2.19. The molecule has 0 amide bonds. The molecule has 3 heteroatoms. The largest absolute Gasteiger partial charge is 0.289 e. The summed E-state index contributed by atoms with van der Waals surface area (Å²) in [7, 11) is 0. The molecule has 3 nitrogen and oxygen atoms in total. The van der Waals surface area contributed by atoms with Crippen molar-refractivity contribution in [3.05, 3.63) is 0 Å². The van der Waals surface area contributed by atoms with Crippen LogP contribution in [-0.2, 0) is 0 Å². The monoisotopic (exact) mass is 159 g/mol. The van der Waals surface area contributed by atoms with Crippen molar-refractivity contribution in [2.24, 2.45) is 0 Å². The second-order valence-electron chi connectivity index (χ2n) is 3.32. The van der Waals surface area contributed by atoms with Crippen molar-refractivity contribution in [1.82, 2.24) is 5.23 Å². The third-order valence-electron chi connectivity index (χ3n) is 2.40. The number of nitrogens with zero attached hydrogens (tertiary/aromatic N) is 1. The maximum Gasteiger partial charge on any atom is 0.0623 e. The Labute approximate surface area is 67.5 Å². The van der Waals surface area contributed by atoms with Crippen LogP contribution in [0.5, 0.6) is 0 Å². The molecule has 0 aromatic rings. The Kier molecular flexibility index (Phi) is 3.83. The van der Waals surface area contributed by atoms with Crippen LogP contribution in [0.3, 0.4) is 0 Å².